The number of hydrogen-bond acceptors (Lipinski definition) is 6. The van der Waals surface area contributed by atoms with Crippen LogP contribution in [0.3, 0.4) is 0 Å². The zero-order valence-electron chi connectivity index (χ0n) is 15.8. The highest BCUT2D eigenvalue weighted by Crippen LogP contribution is 2.27. The molecule has 0 radical (unpaired) electrons. The summed E-state index contributed by atoms with van der Waals surface area (Å²) in [7, 11) is 3.76. The van der Waals surface area contributed by atoms with Crippen LogP contribution in [0, 0.1) is 5.92 Å². The molecule has 144 valence electrons. The van der Waals surface area contributed by atoms with E-state index >= 15 is 0 Å². The maximum absolute atomic E-state index is 11.1. The van der Waals surface area contributed by atoms with Gasteiger partial charge in [-0.25, -0.2) is 4.98 Å². The third-order valence-electron chi connectivity index (χ3n) is 4.59. The fourth-order valence-electron chi connectivity index (χ4n) is 3.33. The Balaban J connectivity index is 1.93. The molecule has 0 amide bonds. The van der Waals surface area contributed by atoms with E-state index in [0.29, 0.717) is 23.8 Å². The van der Waals surface area contributed by atoms with Crippen molar-refractivity contribution in [2.75, 3.05) is 24.2 Å². The number of nitrogens with zero attached hydrogens (tertiary/aromatic N) is 6. The third kappa shape index (κ3) is 4.02. The molecule has 0 aliphatic carbocycles. The molecule has 0 aliphatic rings. The molecule has 1 atom stereocenters. The van der Waals surface area contributed by atoms with Crippen LogP contribution in [-0.2, 0) is 11.8 Å². The summed E-state index contributed by atoms with van der Waals surface area (Å²) >= 11 is 0. The minimum absolute atomic E-state index is 0.0551. The van der Waals surface area contributed by atoms with Crippen LogP contribution in [0.15, 0.2) is 24.7 Å². The fourth-order valence-corrected chi connectivity index (χ4v) is 3.33. The maximum Gasteiger partial charge on any atom is 0.303 e. The molecule has 0 aliphatic heterocycles. The zero-order chi connectivity index (χ0) is 19.6. The van der Waals surface area contributed by atoms with Crippen molar-refractivity contribution in [3.05, 3.63) is 24.7 Å². The number of aromatic nitrogens is 5. The first-order valence-corrected chi connectivity index (χ1v) is 8.95. The zero-order valence-corrected chi connectivity index (χ0v) is 15.8. The number of nitrogens with two attached hydrogens (primary N) is 1. The molecule has 3 aromatic heterocycles. The first kappa shape index (κ1) is 18.7. The van der Waals surface area contributed by atoms with E-state index in [0.717, 1.165) is 24.0 Å². The molecule has 0 saturated heterocycles. The van der Waals surface area contributed by atoms with Crippen molar-refractivity contribution in [2.45, 2.75) is 26.2 Å². The number of carboxylic acid groups (broad SMARTS) is 1. The molecule has 3 aromatic rings. The van der Waals surface area contributed by atoms with Crippen LogP contribution in [0.4, 0.5) is 11.6 Å². The average molecular weight is 371 g/mol. The number of rotatable bonds is 8. The lowest BCUT2D eigenvalue weighted by Crippen LogP contribution is -2.28. The summed E-state index contributed by atoms with van der Waals surface area (Å²) < 4.78 is 3.32. The van der Waals surface area contributed by atoms with Crippen molar-refractivity contribution in [2.24, 2.45) is 13.0 Å². The molecule has 0 bridgehead atoms. The standard InChI is InChI=1S/C18H25N7O2/c1-4-5-12(6-17(26)27)10-23(2)16-7-15(19)25-18(22-16)14(9-21-25)13-8-20-24(3)11-13/h7-9,11-12H,4-6,10,19H2,1-3H3,(H,26,27). The van der Waals surface area contributed by atoms with E-state index in [1.165, 1.54) is 0 Å². The van der Waals surface area contributed by atoms with E-state index in [1.807, 2.05) is 25.2 Å². The van der Waals surface area contributed by atoms with Gasteiger partial charge in [0.25, 0.3) is 0 Å². The van der Waals surface area contributed by atoms with Gasteiger partial charge in [0, 0.05) is 50.5 Å². The summed E-state index contributed by atoms with van der Waals surface area (Å²) in [5, 5.41) is 17.7. The van der Waals surface area contributed by atoms with Crippen molar-refractivity contribution in [3.8, 4) is 11.1 Å². The van der Waals surface area contributed by atoms with Crippen molar-refractivity contribution in [1.82, 2.24) is 24.4 Å². The predicted molar refractivity (Wildman–Crippen MR) is 104 cm³/mol. The Morgan fingerprint density at radius 3 is 2.78 bits per heavy atom. The Morgan fingerprint density at radius 2 is 2.15 bits per heavy atom. The van der Waals surface area contributed by atoms with Gasteiger partial charge in [0.2, 0.25) is 0 Å². The summed E-state index contributed by atoms with van der Waals surface area (Å²) in [6, 6.07) is 1.76. The van der Waals surface area contributed by atoms with Crippen LogP contribution in [-0.4, -0.2) is 49.0 Å². The summed E-state index contributed by atoms with van der Waals surface area (Å²) in [6.45, 7) is 2.66. The Labute approximate surface area is 157 Å². The topological polar surface area (TPSA) is 115 Å². The number of carboxylic acids is 1. The number of anilines is 2. The molecule has 0 spiro atoms. The number of aryl methyl sites for hydroxylation is 1. The van der Waals surface area contributed by atoms with Crippen LogP contribution in [0.2, 0.25) is 0 Å². The molecule has 9 nitrogen and oxygen atoms in total. The Morgan fingerprint density at radius 1 is 1.37 bits per heavy atom. The van der Waals surface area contributed by atoms with Crippen molar-refractivity contribution in [3.63, 3.8) is 0 Å². The Kier molecular flexibility index (Phi) is 5.29. The van der Waals surface area contributed by atoms with Gasteiger partial charge in [-0.1, -0.05) is 13.3 Å². The van der Waals surface area contributed by atoms with Crippen LogP contribution >= 0.6 is 0 Å². The van der Waals surface area contributed by atoms with E-state index in [-0.39, 0.29) is 12.3 Å². The lowest BCUT2D eigenvalue weighted by molar-refractivity contribution is -0.138. The number of nitrogen functional groups attached to an aromatic ring is 1. The third-order valence-corrected chi connectivity index (χ3v) is 4.59. The monoisotopic (exact) mass is 371 g/mol. The molecular weight excluding hydrogens is 346 g/mol. The summed E-state index contributed by atoms with van der Waals surface area (Å²) in [4.78, 5) is 17.8. The van der Waals surface area contributed by atoms with Gasteiger partial charge in [0.15, 0.2) is 5.65 Å². The molecule has 3 heterocycles. The minimum atomic E-state index is -0.778. The second-order valence-electron chi connectivity index (χ2n) is 6.87. The quantitative estimate of drug-likeness (QED) is 0.622. The lowest BCUT2D eigenvalue weighted by Gasteiger charge is -2.24. The van der Waals surface area contributed by atoms with Crippen molar-refractivity contribution < 1.29 is 9.90 Å². The Hall–Kier alpha value is -3.10. The molecule has 0 aromatic carbocycles. The number of carbonyl (C=O) groups is 1. The highest BCUT2D eigenvalue weighted by Gasteiger charge is 2.18. The summed E-state index contributed by atoms with van der Waals surface area (Å²) in [6.07, 6.45) is 7.31. The molecular formula is C18H25N7O2. The smallest absolute Gasteiger partial charge is 0.303 e. The minimum Gasteiger partial charge on any atom is -0.481 e. The fraction of sp³-hybridized carbons (Fsp3) is 0.444. The Bertz CT molecular complexity index is 946. The van der Waals surface area contributed by atoms with E-state index in [4.69, 9.17) is 15.8 Å². The largest absolute Gasteiger partial charge is 0.481 e. The highest BCUT2D eigenvalue weighted by atomic mass is 16.4. The van der Waals surface area contributed by atoms with Crippen LogP contribution < -0.4 is 10.6 Å². The van der Waals surface area contributed by atoms with E-state index in [2.05, 4.69) is 17.1 Å². The van der Waals surface area contributed by atoms with Crippen molar-refractivity contribution >= 4 is 23.3 Å². The number of fused-ring (bicyclic) bond motifs is 1. The summed E-state index contributed by atoms with van der Waals surface area (Å²) in [5.41, 5.74) is 8.59. The normalized spacial score (nSPS) is 12.4. The van der Waals surface area contributed by atoms with Gasteiger partial charge >= 0.3 is 5.97 Å². The van der Waals surface area contributed by atoms with Gasteiger partial charge in [-0.15, -0.1) is 0 Å². The molecule has 0 fully saturated rings. The first-order valence-electron chi connectivity index (χ1n) is 8.95. The number of aliphatic carboxylic acids is 1. The molecule has 0 saturated carbocycles. The van der Waals surface area contributed by atoms with Gasteiger partial charge in [0.05, 0.1) is 12.4 Å². The molecule has 27 heavy (non-hydrogen) atoms. The van der Waals surface area contributed by atoms with Gasteiger partial charge in [0.1, 0.15) is 11.6 Å². The van der Waals surface area contributed by atoms with Crippen molar-refractivity contribution in [1.29, 1.82) is 0 Å². The predicted octanol–water partition coefficient (Wildman–Crippen LogP) is 2.04. The summed E-state index contributed by atoms with van der Waals surface area (Å²) in [5.74, 6) is 0.443. The SMILES string of the molecule is CCCC(CC(=O)O)CN(C)c1cc(N)n2ncc(-c3cnn(C)c3)c2n1. The van der Waals surface area contributed by atoms with Crippen LogP contribution in [0.5, 0.6) is 0 Å². The van der Waals surface area contributed by atoms with Crippen LogP contribution in [0.1, 0.15) is 26.2 Å². The van der Waals surface area contributed by atoms with Gasteiger partial charge < -0.3 is 15.7 Å². The van der Waals surface area contributed by atoms with E-state index in [1.54, 1.807) is 27.7 Å². The molecule has 1 unspecified atom stereocenters. The molecule has 3 rings (SSSR count). The number of hydrogen-bond donors (Lipinski definition) is 2. The second-order valence-corrected chi connectivity index (χ2v) is 6.87. The van der Waals surface area contributed by atoms with Gasteiger partial charge in [-0.2, -0.15) is 14.7 Å². The molecule has 3 N–H and O–H groups in total. The first-order chi connectivity index (χ1) is 12.9. The van der Waals surface area contributed by atoms with E-state index < -0.39 is 5.97 Å². The molecule has 9 heteroatoms. The van der Waals surface area contributed by atoms with Gasteiger partial charge in [-0.05, 0) is 12.3 Å². The highest BCUT2D eigenvalue weighted by molar-refractivity contribution is 5.78. The van der Waals surface area contributed by atoms with Crippen LogP contribution in [0.25, 0.3) is 16.8 Å². The average Bonchev–Trinajstić information content (AvgIpc) is 3.20. The van der Waals surface area contributed by atoms with E-state index in [9.17, 15) is 4.79 Å². The maximum atomic E-state index is 11.1. The second kappa shape index (κ2) is 7.65. The lowest BCUT2D eigenvalue weighted by atomic mass is 9.99. The van der Waals surface area contributed by atoms with Gasteiger partial charge in [-0.3, -0.25) is 9.48 Å².